The van der Waals surface area contributed by atoms with Crippen molar-refractivity contribution in [2.45, 2.75) is 18.7 Å². The number of aromatic nitrogens is 1. The Morgan fingerprint density at radius 2 is 1.97 bits per heavy atom. The molecule has 1 unspecified atom stereocenters. The van der Waals surface area contributed by atoms with Gasteiger partial charge in [-0.1, -0.05) is 0 Å². The van der Waals surface area contributed by atoms with E-state index in [-0.39, 0.29) is 48.7 Å². The van der Waals surface area contributed by atoms with Crippen LogP contribution in [0.1, 0.15) is 6.42 Å². The number of cyclic esters (lactones) is 1. The second-order valence-electron chi connectivity index (χ2n) is 7.05. The zero-order chi connectivity index (χ0) is 22.1. The summed E-state index contributed by atoms with van der Waals surface area (Å²) in [7, 11) is 0. The summed E-state index contributed by atoms with van der Waals surface area (Å²) in [6.45, 7) is 0.193. The van der Waals surface area contributed by atoms with E-state index in [0.717, 1.165) is 4.90 Å². The van der Waals surface area contributed by atoms with Gasteiger partial charge in [-0.2, -0.15) is 0 Å². The minimum atomic E-state index is -1.56. The highest BCUT2D eigenvalue weighted by atomic mass is 19.2. The Kier molecular flexibility index (Phi) is 5.49. The Morgan fingerprint density at radius 1 is 1.16 bits per heavy atom. The summed E-state index contributed by atoms with van der Waals surface area (Å²) in [5, 5.41) is 2.36. The normalized spacial score (nSPS) is 20.9. The molecule has 8 nitrogen and oxygen atoms in total. The molecule has 11 heteroatoms. The van der Waals surface area contributed by atoms with Crippen LogP contribution in [0.25, 0.3) is 11.1 Å². The number of amides is 3. The summed E-state index contributed by atoms with van der Waals surface area (Å²) < 4.78 is 48.0. The van der Waals surface area contributed by atoms with Crippen molar-refractivity contribution in [3.63, 3.8) is 0 Å². The number of carbonyl (C=O) groups excluding carboxylic acids is 3. The standard InChI is InChI=1S/C20H17F3N4O4/c21-14-5-6-26(19(14)29)16-4-1-11(7-25-16)13-2-3-15(18(23)17(13)22)27-9-12(8-24-10-28)31-20(27)30/h1-4,7,10,12,14H,5-6,8-9H2,(H,24,28)/t12-,14?/m0/s1. The first-order valence-corrected chi connectivity index (χ1v) is 9.45. The number of hydrogen-bond donors (Lipinski definition) is 1. The third kappa shape index (κ3) is 3.78. The highest BCUT2D eigenvalue weighted by Gasteiger charge is 2.35. The maximum Gasteiger partial charge on any atom is 0.414 e. The van der Waals surface area contributed by atoms with Crippen molar-refractivity contribution in [1.29, 1.82) is 0 Å². The number of nitrogens with zero attached hydrogens (tertiary/aromatic N) is 3. The van der Waals surface area contributed by atoms with E-state index in [1.54, 1.807) is 0 Å². The molecule has 2 fully saturated rings. The Bertz CT molecular complexity index is 1030. The van der Waals surface area contributed by atoms with E-state index >= 15 is 0 Å². The number of carbonyl (C=O) groups is 3. The molecule has 2 aliphatic rings. The quantitative estimate of drug-likeness (QED) is 0.704. The van der Waals surface area contributed by atoms with E-state index in [1.165, 1.54) is 35.4 Å². The van der Waals surface area contributed by atoms with Gasteiger partial charge in [0.2, 0.25) is 6.41 Å². The van der Waals surface area contributed by atoms with E-state index in [1.807, 2.05) is 0 Å². The minimum Gasteiger partial charge on any atom is -0.442 e. The van der Waals surface area contributed by atoms with Gasteiger partial charge in [0.25, 0.3) is 5.91 Å². The predicted octanol–water partition coefficient (Wildman–Crippen LogP) is 2.17. The van der Waals surface area contributed by atoms with Crippen LogP contribution in [-0.2, 0) is 14.3 Å². The molecule has 2 saturated heterocycles. The molecule has 0 radical (unpaired) electrons. The number of halogens is 3. The van der Waals surface area contributed by atoms with E-state index in [4.69, 9.17) is 4.74 Å². The van der Waals surface area contributed by atoms with Crippen LogP contribution in [-0.4, -0.2) is 55.3 Å². The van der Waals surface area contributed by atoms with Crippen LogP contribution >= 0.6 is 0 Å². The van der Waals surface area contributed by atoms with Crippen molar-refractivity contribution in [2.75, 3.05) is 29.4 Å². The lowest BCUT2D eigenvalue weighted by Crippen LogP contribution is -2.30. The fourth-order valence-corrected chi connectivity index (χ4v) is 3.55. The molecular weight excluding hydrogens is 417 g/mol. The summed E-state index contributed by atoms with van der Waals surface area (Å²) in [5.74, 6) is -2.88. The van der Waals surface area contributed by atoms with Crippen molar-refractivity contribution in [3.05, 3.63) is 42.1 Å². The Labute approximate surface area is 174 Å². The van der Waals surface area contributed by atoms with Crippen LogP contribution in [0, 0.1) is 11.6 Å². The summed E-state index contributed by atoms with van der Waals surface area (Å²) in [6, 6.07) is 5.42. The van der Waals surface area contributed by atoms with Gasteiger partial charge in [0.15, 0.2) is 17.8 Å². The van der Waals surface area contributed by atoms with Crippen LogP contribution in [0.5, 0.6) is 0 Å². The highest BCUT2D eigenvalue weighted by molar-refractivity contribution is 5.98. The largest absolute Gasteiger partial charge is 0.442 e. The topological polar surface area (TPSA) is 91.8 Å². The van der Waals surface area contributed by atoms with Gasteiger partial charge in [-0.25, -0.2) is 22.9 Å². The lowest BCUT2D eigenvalue weighted by Gasteiger charge is -2.17. The van der Waals surface area contributed by atoms with Crippen LogP contribution in [0.3, 0.4) is 0 Å². The number of benzene rings is 1. The molecule has 162 valence electrons. The third-order valence-electron chi connectivity index (χ3n) is 5.13. The average molecular weight is 434 g/mol. The van der Waals surface area contributed by atoms with Gasteiger partial charge >= 0.3 is 6.09 Å². The molecule has 3 amide bonds. The maximum absolute atomic E-state index is 14.8. The molecule has 1 aromatic carbocycles. The monoisotopic (exact) mass is 434 g/mol. The molecule has 1 N–H and O–H groups in total. The number of nitrogens with one attached hydrogen (secondary N) is 1. The fraction of sp³-hybridized carbons (Fsp3) is 0.300. The van der Waals surface area contributed by atoms with Crippen molar-refractivity contribution in [2.24, 2.45) is 0 Å². The number of alkyl halides is 1. The van der Waals surface area contributed by atoms with Crippen molar-refractivity contribution in [3.8, 4) is 11.1 Å². The molecule has 4 rings (SSSR count). The first-order chi connectivity index (χ1) is 14.9. The van der Waals surface area contributed by atoms with Crippen molar-refractivity contribution >= 4 is 29.9 Å². The van der Waals surface area contributed by atoms with Gasteiger partial charge < -0.3 is 10.1 Å². The summed E-state index contributed by atoms with van der Waals surface area (Å²) in [5.41, 5.74) is -0.142. The molecule has 0 aliphatic carbocycles. The van der Waals surface area contributed by atoms with Gasteiger partial charge in [0, 0.05) is 30.3 Å². The van der Waals surface area contributed by atoms with Gasteiger partial charge in [-0.3, -0.25) is 19.4 Å². The van der Waals surface area contributed by atoms with Crippen molar-refractivity contribution < 1.29 is 32.3 Å². The number of pyridine rings is 1. The zero-order valence-corrected chi connectivity index (χ0v) is 16.1. The SMILES string of the molecule is O=CNC[C@H]1CN(c2ccc(-c3ccc(N4CCC(F)C4=O)nc3)c(F)c2F)C(=O)O1. The van der Waals surface area contributed by atoms with E-state index in [9.17, 15) is 27.6 Å². The Balaban J connectivity index is 1.56. The maximum atomic E-state index is 14.8. The molecule has 31 heavy (non-hydrogen) atoms. The van der Waals surface area contributed by atoms with Crippen LogP contribution in [0.15, 0.2) is 30.5 Å². The molecule has 2 atom stereocenters. The lowest BCUT2D eigenvalue weighted by molar-refractivity contribution is -0.121. The predicted molar refractivity (Wildman–Crippen MR) is 103 cm³/mol. The van der Waals surface area contributed by atoms with E-state index < -0.39 is 35.9 Å². The number of ether oxygens (including phenoxy) is 1. The highest BCUT2D eigenvalue weighted by Crippen LogP contribution is 2.33. The van der Waals surface area contributed by atoms with Crippen LogP contribution in [0.2, 0.25) is 0 Å². The van der Waals surface area contributed by atoms with E-state index in [0.29, 0.717) is 6.41 Å². The molecule has 2 aliphatic heterocycles. The molecule has 0 saturated carbocycles. The molecule has 0 spiro atoms. The van der Waals surface area contributed by atoms with Crippen molar-refractivity contribution in [1.82, 2.24) is 10.3 Å². The lowest BCUT2D eigenvalue weighted by atomic mass is 10.1. The minimum absolute atomic E-state index is 0.0502. The first-order valence-electron chi connectivity index (χ1n) is 9.45. The van der Waals surface area contributed by atoms with Gasteiger partial charge in [0.1, 0.15) is 11.9 Å². The number of anilines is 2. The third-order valence-corrected chi connectivity index (χ3v) is 5.13. The van der Waals surface area contributed by atoms with E-state index in [2.05, 4.69) is 10.3 Å². The average Bonchev–Trinajstić information content (AvgIpc) is 3.30. The Morgan fingerprint density at radius 3 is 2.61 bits per heavy atom. The Hall–Kier alpha value is -3.63. The second-order valence-corrected chi connectivity index (χ2v) is 7.05. The molecule has 3 heterocycles. The van der Waals surface area contributed by atoms with Gasteiger partial charge in [-0.05, 0) is 24.3 Å². The fourth-order valence-electron chi connectivity index (χ4n) is 3.55. The van der Waals surface area contributed by atoms with Crippen LogP contribution < -0.4 is 15.1 Å². The second kappa shape index (κ2) is 8.25. The van der Waals surface area contributed by atoms with Gasteiger partial charge in [-0.15, -0.1) is 0 Å². The summed E-state index contributed by atoms with van der Waals surface area (Å²) in [6.07, 6.45) is -1.32. The first kappa shape index (κ1) is 20.6. The number of rotatable bonds is 6. The van der Waals surface area contributed by atoms with Gasteiger partial charge in [0.05, 0.1) is 18.8 Å². The molecule has 0 bridgehead atoms. The molecule has 2 aromatic rings. The zero-order valence-electron chi connectivity index (χ0n) is 16.1. The molecule has 1 aromatic heterocycles. The summed E-state index contributed by atoms with van der Waals surface area (Å²) >= 11 is 0. The number of hydrogen-bond acceptors (Lipinski definition) is 5. The molecular formula is C20H17F3N4O4. The smallest absolute Gasteiger partial charge is 0.414 e. The summed E-state index contributed by atoms with van der Waals surface area (Å²) in [4.78, 5) is 40.4. The van der Waals surface area contributed by atoms with Crippen LogP contribution in [0.4, 0.5) is 29.5 Å².